The van der Waals surface area contributed by atoms with Crippen LogP contribution in [0.5, 0.6) is 0 Å². The summed E-state index contributed by atoms with van der Waals surface area (Å²) in [6.45, 7) is 4.00. The number of hydrogen-bond acceptors (Lipinski definition) is 2. The maximum absolute atomic E-state index is 12.1. The molecule has 4 aromatic carbocycles. The molecule has 0 aliphatic heterocycles. The third kappa shape index (κ3) is 1.51. The predicted octanol–water partition coefficient (Wildman–Crippen LogP) is 3.77. The molecular formula is C18H14O2. The molecule has 0 radical (unpaired) electrons. The standard InChI is InChI=1S/C16H8O2.C2H6/c17-15-11-5-1-3-9-7-8-10-4-2-6-12(16(15)18)14(10)13(9)11;1-2/h1-8H;1-2H3. The lowest BCUT2D eigenvalue weighted by Crippen LogP contribution is -2.24. The third-order valence-electron chi connectivity index (χ3n) is 3.58. The molecule has 0 saturated heterocycles. The fraction of sp³-hybridized carbons (Fsp3) is 0.111. The van der Waals surface area contributed by atoms with Crippen molar-refractivity contribution >= 4 is 32.3 Å². The highest BCUT2D eigenvalue weighted by atomic mass is 16.2. The molecule has 0 atom stereocenters. The zero-order valence-electron chi connectivity index (χ0n) is 11.4. The van der Waals surface area contributed by atoms with Gasteiger partial charge in [-0.2, -0.15) is 0 Å². The molecule has 2 heteroatoms. The van der Waals surface area contributed by atoms with E-state index in [0.29, 0.717) is 10.8 Å². The van der Waals surface area contributed by atoms with E-state index < -0.39 is 10.9 Å². The van der Waals surface area contributed by atoms with Gasteiger partial charge < -0.3 is 0 Å². The molecular weight excluding hydrogens is 248 g/mol. The summed E-state index contributed by atoms with van der Waals surface area (Å²) in [5, 5.41) is 4.90. The monoisotopic (exact) mass is 262 g/mol. The smallest absolute Gasteiger partial charge is 0.234 e. The maximum atomic E-state index is 12.1. The molecule has 0 spiro atoms. The van der Waals surface area contributed by atoms with Crippen molar-refractivity contribution in [1.29, 1.82) is 0 Å². The molecule has 20 heavy (non-hydrogen) atoms. The second-order valence-corrected chi connectivity index (χ2v) is 4.53. The van der Waals surface area contributed by atoms with Gasteiger partial charge in [0.15, 0.2) is 0 Å². The Morgan fingerprint density at radius 2 is 1.00 bits per heavy atom. The van der Waals surface area contributed by atoms with Crippen LogP contribution in [0.25, 0.3) is 32.3 Å². The first-order chi connectivity index (χ1) is 9.77. The predicted molar refractivity (Wildman–Crippen MR) is 85.2 cm³/mol. The first-order valence-corrected chi connectivity index (χ1v) is 6.81. The first kappa shape index (κ1) is 12.5. The van der Waals surface area contributed by atoms with Crippen LogP contribution in [0.2, 0.25) is 0 Å². The van der Waals surface area contributed by atoms with Crippen molar-refractivity contribution in [1.82, 2.24) is 0 Å². The minimum atomic E-state index is -0.396. The zero-order chi connectivity index (χ0) is 14.3. The molecule has 0 aliphatic carbocycles. The molecule has 0 heterocycles. The Morgan fingerprint density at radius 3 is 1.40 bits per heavy atom. The van der Waals surface area contributed by atoms with E-state index >= 15 is 0 Å². The minimum absolute atomic E-state index is 0.396. The van der Waals surface area contributed by atoms with Gasteiger partial charge in [-0.3, -0.25) is 9.59 Å². The number of benzene rings is 4. The topological polar surface area (TPSA) is 34.1 Å². The quantitative estimate of drug-likeness (QED) is 0.357. The lowest BCUT2D eigenvalue weighted by molar-refractivity contribution is 1.50. The van der Waals surface area contributed by atoms with Crippen LogP contribution >= 0.6 is 0 Å². The van der Waals surface area contributed by atoms with Crippen molar-refractivity contribution < 1.29 is 0 Å². The molecule has 0 unspecified atom stereocenters. The molecule has 0 saturated carbocycles. The van der Waals surface area contributed by atoms with Gasteiger partial charge in [0.25, 0.3) is 0 Å². The molecule has 98 valence electrons. The highest BCUT2D eigenvalue weighted by Crippen LogP contribution is 2.30. The molecule has 0 fully saturated rings. The van der Waals surface area contributed by atoms with E-state index in [0.717, 1.165) is 21.5 Å². The van der Waals surface area contributed by atoms with Gasteiger partial charge in [-0.15, -0.1) is 0 Å². The fourth-order valence-electron chi connectivity index (χ4n) is 2.78. The molecule has 4 rings (SSSR count). The van der Waals surface area contributed by atoms with Crippen molar-refractivity contribution in [3.8, 4) is 0 Å². The Balaban J connectivity index is 0.000000581. The maximum Gasteiger partial charge on any atom is 0.234 e. The first-order valence-electron chi connectivity index (χ1n) is 6.81. The summed E-state index contributed by atoms with van der Waals surface area (Å²) < 4.78 is 0. The normalized spacial score (nSPS) is 10.9. The molecule has 2 nitrogen and oxygen atoms in total. The SMILES string of the molecule is CC.O=c1c(=O)c2cccc3ccc4cccc1c4c32. The van der Waals surface area contributed by atoms with Crippen LogP contribution in [0.15, 0.2) is 58.1 Å². The van der Waals surface area contributed by atoms with Crippen molar-refractivity contribution in [3.63, 3.8) is 0 Å². The van der Waals surface area contributed by atoms with Gasteiger partial charge in [-0.25, -0.2) is 0 Å². The Morgan fingerprint density at radius 1 is 0.600 bits per heavy atom. The van der Waals surface area contributed by atoms with Crippen LogP contribution in [0.1, 0.15) is 13.8 Å². The summed E-state index contributed by atoms with van der Waals surface area (Å²) in [6, 6.07) is 15.0. The van der Waals surface area contributed by atoms with Gasteiger partial charge in [-0.1, -0.05) is 62.4 Å². The zero-order valence-corrected chi connectivity index (χ0v) is 11.4. The van der Waals surface area contributed by atoms with Crippen LogP contribution in [0, 0.1) is 0 Å². The van der Waals surface area contributed by atoms with Gasteiger partial charge in [0.05, 0.1) is 0 Å². The average Bonchev–Trinajstić information content (AvgIpc) is 2.53. The summed E-state index contributed by atoms with van der Waals surface area (Å²) in [4.78, 5) is 24.2. The second kappa shape index (κ2) is 4.57. The van der Waals surface area contributed by atoms with E-state index in [2.05, 4.69) is 0 Å². The molecule has 0 aliphatic rings. The van der Waals surface area contributed by atoms with E-state index in [1.54, 1.807) is 12.1 Å². The van der Waals surface area contributed by atoms with Gasteiger partial charge in [-0.05, 0) is 10.8 Å². The Kier molecular flexibility index (Phi) is 2.87. The van der Waals surface area contributed by atoms with Gasteiger partial charge >= 0.3 is 0 Å². The van der Waals surface area contributed by atoms with E-state index in [1.165, 1.54) is 0 Å². The third-order valence-corrected chi connectivity index (χ3v) is 3.58. The fourth-order valence-corrected chi connectivity index (χ4v) is 2.78. The van der Waals surface area contributed by atoms with Crippen LogP contribution in [0.4, 0.5) is 0 Å². The van der Waals surface area contributed by atoms with Crippen molar-refractivity contribution in [3.05, 3.63) is 69.0 Å². The molecule has 4 aromatic rings. The van der Waals surface area contributed by atoms with E-state index in [9.17, 15) is 9.59 Å². The summed E-state index contributed by atoms with van der Waals surface area (Å²) in [5.41, 5.74) is -0.793. The summed E-state index contributed by atoms with van der Waals surface area (Å²) >= 11 is 0. The van der Waals surface area contributed by atoms with Gasteiger partial charge in [0, 0.05) is 21.5 Å². The summed E-state index contributed by atoms with van der Waals surface area (Å²) in [6.07, 6.45) is 0. The van der Waals surface area contributed by atoms with Crippen molar-refractivity contribution in [2.75, 3.05) is 0 Å². The Bertz CT molecular complexity index is 920. The number of rotatable bonds is 0. The van der Waals surface area contributed by atoms with Crippen molar-refractivity contribution in [2.24, 2.45) is 0 Å². The molecule has 0 amide bonds. The van der Waals surface area contributed by atoms with E-state index in [4.69, 9.17) is 0 Å². The highest BCUT2D eigenvalue weighted by Gasteiger charge is 2.13. The largest absolute Gasteiger partial charge is 0.285 e. The Hall–Kier alpha value is -2.48. The van der Waals surface area contributed by atoms with Crippen molar-refractivity contribution in [2.45, 2.75) is 13.8 Å². The lowest BCUT2D eigenvalue weighted by atomic mass is 9.94. The van der Waals surface area contributed by atoms with Gasteiger partial charge in [0.1, 0.15) is 0 Å². The highest BCUT2D eigenvalue weighted by molar-refractivity contribution is 6.22. The number of hydrogen-bond donors (Lipinski definition) is 0. The summed E-state index contributed by atoms with van der Waals surface area (Å²) in [7, 11) is 0. The lowest BCUT2D eigenvalue weighted by Gasteiger charge is -2.08. The van der Waals surface area contributed by atoms with Crippen LogP contribution in [-0.4, -0.2) is 0 Å². The van der Waals surface area contributed by atoms with E-state index in [1.807, 2.05) is 50.2 Å². The average molecular weight is 262 g/mol. The van der Waals surface area contributed by atoms with E-state index in [-0.39, 0.29) is 0 Å². The summed E-state index contributed by atoms with van der Waals surface area (Å²) in [5.74, 6) is 0. The molecule has 0 bridgehead atoms. The van der Waals surface area contributed by atoms with Crippen LogP contribution < -0.4 is 10.9 Å². The van der Waals surface area contributed by atoms with Gasteiger partial charge in [0.2, 0.25) is 10.9 Å². The Labute approximate surface area is 116 Å². The second-order valence-electron chi connectivity index (χ2n) is 4.53. The molecule has 0 N–H and O–H groups in total. The van der Waals surface area contributed by atoms with Crippen LogP contribution in [-0.2, 0) is 0 Å². The minimum Gasteiger partial charge on any atom is -0.285 e. The van der Waals surface area contributed by atoms with Crippen LogP contribution in [0.3, 0.4) is 0 Å². The molecule has 0 aromatic heterocycles.